The number of halogens is 1. The predicted molar refractivity (Wildman–Crippen MR) is 288 cm³/mol. The van der Waals surface area contributed by atoms with Gasteiger partial charge in [-0.05, 0) is 120 Å². The van der Waals surface area contributed by atoms with Crippen molar-refractivity contribution in [2.75, 3.05) is 6.61 Å². The number of rotatable bonds is 26. The standard InChI is InChI=1S/C56H83IO7Si2/c1-16-37-55(11,49(38-50(59)60)63-65(12,13)53(5,6)7)52(61)43(4)51(64-66(14,15)54(8,9)10)41(2)27-26-28-44(35-36-48(58)42(3)39-57)40-62-56(45-29-20-17-21-30-45,46-31-22-18-23-32-46)47-33-24-19-25-34-47/h16-25,29-35,39,41,43,48-49,51,58H,1,26-28,36-38,40H2,2-15H3,(H,59,60)/b42-39+,44-35+/t41-,43+,48-,49-,51-,55+/m0/s1. The second kappa shape index (κ2) is 24.5. The summed E-state index contributed by atoms with van der Waals surface area (Å²) in [6, 6.07) is 31.1. The minimum Gasteiger partial charge on any atom is -0.481 e. The summed E-state index contributed by atoms with van der Waals surface area (Å²) in [4.78, 5) is 27.8. The molecule has 0 aliphatic heterocycles. The molecule has 0 saturated carbocycles. The van der Waals surface area contributed by atoms with Crippen molar-refractivity contribution in [3.05, 3.63) is 142 Å². The Balaban J connectivity index is 2.08. The van der Waals surface area contributed by atoms with Crippen molar-refractivity contribution in [2.24, 2.45) is 17.3 Å². The number of carboxylic acids is 1. The molecule has 0 aliphatic carbocycles. The van der Waals surface area contributed by atoms with E-state index in [0.29, 0.717) is 19.4 Å². The fourth-order valence-electron chi connectivity index (χ4n) is 8.23. The number of aliphatic hydroxyl groups excluding tert-OH is 1. The third kappa shape index (κ3) is 14.8. The lowest BCUT2D eigenvalue weighted by molar-refractivity contribution is -0.147. The number of carboxylic acid groups (broad SMARTS) is 1. The van der Waals surface area contributed by atoms with E-state index >= 15 is 4.79 Å². The zero-order chi connectivity index (χ0) is 49.7. The molecule has 0 spiro atoms. The van der Waals surface area contributed by atoms with Crippen LogP contribution in [-0.2, 0) is 28.8 Å². The Morgan fingerprint density at radius 1 is 0.773 bits per heavy atom. The van der Waals surface area contributed by atoms with Gasteiger partial charge in [0, 0.05) is 5.92 Å². The average Bonchev–Trinajstić information content (AvgIpc) is 3.26. The molecule has 6 atom stereocenters. The predicted octanol–water partition coefficient (Wildman–Crippen LogP) is 14.9. The maximum atomic E-state index is 15.3. The molecule has 0 radical (unpaired) electrons. The van der Waals surface area contributed by atoms with Crippen molar-refractivity contribution in [1.82, 2.24) is 0 Å². The molecular weight excluding hydrogens is 968 g/mol. The number of aliphatic carboxylic acids is 1. The Hall–Kier alpha value is -2.98. The van der Waals surface area contributed by atoms with Gasteiger partial charge in [-0.1, -0.05) is 181 Å². The summed E-state index contributed by atoms with van der Waals surface area (Å²) in [7, 11) is -4.92. The number of aliphatic hydroxyl groups is 1. The Kier molecular flexibility index (Phi) is 21.3. The minimum atomic E-state index is -2.50. The molecule has 3 aromatic rings. The van der Waals surface area contributed by atoms with E-state index in [1.807, 2.05) is 43.1 Å². The lowest BCUT2D eigenvalue weighted by atomic mass is 9.69. The summed E-state index contributed by atoms with van der Waals surface area (Å²) >= 11 is 2.18. The summed E-state index contributed by atoms with van der Waals surface area (Å²) < 4.78 is 23.5. The molecule has 0 fully saturated rings. The SMILES string of the molecule is C=CC[C@@](C)(C(=O)[C@H](C)[C@@H](O[Si](C)(C)C(C)(C)C)[C@@H](C)CCC/C(=C\C[C@H](O)/C(C)=C/I)COC(c1ccccc1)(c1ccccc1)c1ccccc1)[C@H](CC(=O)O)O[Si](C)(C)C(C)(C)C. The van der Waals surface area contributed by atoms with Gasteiger partial charge in [0.15, 0.2) is 16.6 Å². The summed E-state index contributed by atoms with van der Waals surface area (Å²) in [6.07, 6.45) is 4.72. The number of hydrogen-bond donors (Lipinski definition) is 2. The highest BCUT2D eigenvalue weighted by molar-refractivity contribution is 14.1. The lowest BCUT2D eigenvalue weighted by Gasteiger charge is -2.47. The van der Waals surface area contributed by atoms with E-state index in [4.69, 9.17) is 13.6 Å². The Labute approximate surface area is 415 Å². The van der Waals surface area contributed by atoms with Gasteiger partial charge in [0.25, 0.3) is 0 Å². The van der Waals surface area contributed by atoms with Crippen LogP contribution in [0.2, 0.25) is 36.3 Å². The second-order valence-electron chi connectivity index (χ2n) is 21.8. The number of ketones is 1. The third-order valence-electron chi connectivity index (χ3n) is 14.6. The maximum Gasteiger partial charge on any atom is 0.305 e. The zero-order valence-corrected chi connectivity index (χ0v) is 46.9. The monoisotopic (exact) mass is 1050 g/mol. The molecule has 3 rings (SSSR count). The fraction of sp³-hybridized carbons (Fsp3) is 0.536. The number of carbonyl (C=O) groups excluding carboxylic acids is 1. The van der Waals surface area contributed by atoms with Crippen molar-refractivity contribution in [3.8, 4) is 0 Å². The van der Waals surface area contributed by atoms with Gasteiger partial charge in [-0.25, -0.2) is 0 Å². The molecule has 364 valence electrons. The molecular formula is C56H83IO7Si2. The van der Waals surface area contributed by atoms with Crippen LogP contribution in [0.3, 0.4) is 0 Å². The van der Waals surface area contributed by atoms with Gasteiger partial charge in [-0.2, -0.15) is 0 Å². The fourth-order valence-corrected chi connectivity index (χ4v) is 11.5. The summed E-state index contributed by atoms with van der Waals surface area (Å²) in [5.41, 5.74) is 2.99. The van der Waals surface area contributed by atoms with Crippen LogP contribution in [0.5, 0.6) is 0 Å². The van der Waals surface area contributed by atoms with Crippen LogP contribution in [0.4, 0.5) is 0 Å². The second-order valence-corrected chi connectivity index (χ2v) is 31.9. The van der Waals surface area contributed by atoms with E-state index in [1.54, 1.807) is 6.08 Å². The van der Waals surface area contributed by atoms with Gasteiger partial charge < -0.3 is 23.8 Å². The van der Waals surface area contributed by atoms with Crippen LogP contribution < -0.4 is 0 Å². The molecule has 0 heterocycles. The van der Waals surface area contributed by atoms with E-state index in [-0.39, 0.29) is 34.6 Å². The highest BCUT2D eigenvalue weighted by Gasteiger charge is 2.51. The molecule has 7 nitrogen and oxygen atoms in total. The van der Waals surface area contributed by atoms with E-state index < -0.39 is 57.8 Å². The van der Waals surface area contributed by atoms with Gasteiger partial charge in [0.2, 0.25) is 0 Å². The van der Waals surface area contributed by atoms with E-state index in [1.165, 1.54) is 0 Å². The van der Waals surface area contributed by atoms with E-state index in [0.717, 1.165) is 40.7 Å². The van der Waals surface area contributed by atoms with Gasteiger partial charge in [-0.15, -0.1) is 6.58 Å². The lowest BCUT2D eigenvalue weighted by Crippen LogP contribution is -2.55. The van der Waals surface area contributed by atoms with E-state index in [9.17, 15) is 15.0 Å². The van der Waals surface area contributed by atoms with E-state index in [2.05, 4.69) is 183 Å². The summed E-state index contributed by atoms with van der Waals surface area (Å²) in [5.74, 6) is -1.63. The topological polar surface area (TPSA) is 102 Å². The maximum absolute atomic E-state index is 15.3. The first kappa shape index (κ1) is 57.3. The molecule has 2 N–H and O–H groups in total. The number of allylic oxidation sites excluding steroid dienone is 1. The van der Waals surface area contributed by atoms with Crippen LogP contribution in [-0.4, -0.2) is 63.5 Å². The zero-order valence-electron chi connectivity index (χ0n) is 42.7. The first-order chi connectivity index (χ1) is 30.7. The van der Waals surface area contributed by atoms with Crippen LogP contribution in [0.25, 0.3) is 0 Å². The quantitative estimate of drug-likeness (QED) is 0.0357. The molecule has 0 aliphatic rings. The van der Waals surface area contributed by atoms with Crippen molar-refractivity contribution < 1.29 is 33.4 Å². The summed E-state index contributed by atoms with van der Waals surface area (Å²) in [6.45, 7) is 34.1. The van der Waals surface area contributed by atoms with Gasteiger partial charge in [0.05, 0.1) is 36.8 Å². The van der Waals surface area contributed by atoms with Gasteiger partial charge in [0.1, 0.15) is 11.4 Å². The summed E-state index contributed by atoms with van der Waals surface area (Å²) in [5, 5.41) is 21.1. The largest absolute Gasteiger partial charge is 0.481 e. The van der Waals surface area contributed by atoms with Gasteiger partial charge >= 0.3 is 5.97 Å². The first-order valence-corrected chi connectivity index (χ1v) is 30.9. The highest BCUT2D eigenvalue weighted by atomic mass is 127. The number of Topliss-reactive ketones (excluding diaryl/α,β-unsaturated/α-hetero) is 1. The number of carbonyl (C=O) groups is 2. The minimum absolute atomic E-state index is 0.0284. The molecule has 10 heteroatoms. The van der Waals surface area contributed by atoms with Crippen molar-refractivity contribution >= 4 is 51.0 Å². The van der Waals surface area contributed by atoms with Crippen LogP contribution in [0, 0.1) is 17.3 Å². The average molecular weight is 1050 g/mol. The molecule has 0 amide bonds. The van der Waals surface area contributed by atoms with Crippen LogP contribution in [0.15, 0.2) is 125 Å². The number of benzene rings is 3. The Morgan fingerprint density at radius 3 is 1.64 bits per heavy atom. The molecule has 0 aromatic heterocycles. The normalized spacial score (nSPS) is 16.7. The number of hydrogen-bond acceptors (Lipinski definition) is 6. The highest BCUT2D eigenvalue weighted by Crippen LogP contribution is 2.46. The number of ether oxygens (including phenoxy) is 1. The molecule has 3 aromatic carbocycles. The van der Waals surface area contributed by atoms with Crippen LogP contribution in [0.1, 0.15) is 124 Å². The third-order valence-corrected chi connectivity index (χ3v) is 24.6. The van der Waals surface area contributed by atoms with Crippen LogP contribution >= 0.6 is 22.6 Å². The smallest absolute Gasteiger partial charge is 0.305 e. The molecule has 66 heavy (non-hydrogen) atoms. The van der Waals surface area contributed by atoms with Crippen molar-refractivity contribution in [3.63, 3.8) is 0 Å². The molecule has 0 unspecified atom stereocenters. The Morgan fingerprint density at radius 2 is 1.23 bits per heavy atom. The Bertz CT molecular complexity index is 1960. The molecule has 0 bridgehead atoms. The van der Waals surface area contributed by atoms with Crippen molar-refractivity contribution in [2.45, 2.75) is 168 Å². The van der Waals surface area contributed by atoms with Crippen molar-refractivity contribution in [1.29, 1.82) is 0 Å². The first-order valence-electron chi connectivity index (χ1n) is 23.8. The molecule has 0 saturated heterocycles. The van der Waals surface area contributed by atoms with Gasteiger partial charge in [-0.3, -0.25) is 9.59 Å².